The molecule has 8 nitrogen and oxygen atoms in total. The maximum absolute atomic E-state index is 11.4. The number of rotatable bonds is 6. The van der Waals surface area contributed by atoms with E-state index in [0.29, 0.717) is 0 Å². The van der Waals surface area contributed by atoms with E-state index in [1.165, 1.54) is 0 Å². The van der Waals surface area contributed by atoms with Gasteiger partial charge in [0.15, 0.2) is 6.04 Å². The Morgan fingerprint density at radius 3 is 2.21 bits per heavy atom. The lowest BCUT2D eigenvalue weighted by molar-refractivity contribution is -0.140. The zero-order valence-corrected chi connectivity index (χ0v) is 11.3. The fourth-order valence-electron chi connectivity index (χ4n) is 1.17. The Labute approximate surface area is 111 Å². The number of hydrogen-bond donors (Lipinski definition) is 5. The van der Waals surface area contributed by atoms with E-state index in [4.69, 9.17) is 10.2 Å². The van der Waals surface area contributed by atoms with Crippen LogP contribution in [0.25, 0.3) is 0 Å². The van der Waals surface area contributed by atoms with E-state index < -0.39 is 24.6 Å². The second-order valence-corrected chi connectivity index (χ2v) is 5.02. The predicted molar refractivity (Wildman–Crippen MR) is 67.6 cm³/mol. The molecule has 8 heteroatoms. The number of hydrogen-bond acceptors (Lipinski definition) is 4. The largest absolute Gasteiger partial charge is 0.480 e. The van der Waals surface area contributed by atoms with Crippen molar-refractivity contribution >= 4 is 17.9 Å². The summed E-state index contributed by atoms with van der Waals surface area (Å²) in [5, 5.41) is 24.4. The van der Waals surface area contributed by atoms with Crippen LogP contribution in [0.15, 0.2) is 0 Å². The summed E-state index contributed by atoms with van der Waals surface area (Å²) in [6.07, 6.45) is 0.0849. The number of carboxylic acids is 1. The second-order valence-electron chi connectivity index (χ2n) is 5.02. The van der Waals surface area contributed by atoms with Crippen molar-refractivity contribution in [3.05, 3.63) is 0 Å². The van der Waals surface area contributed by atoms with Crippen LogP contribution in [0.2, 0.25) is 0 Å². The Bertz CT molecular complexity index is 338. The summed E-state index contributed by atoms with van der Waals surface area (Å²) in [5.74, 6) is -1.55. The molecule has 0 aliphatic carbocycles. The standard InChI is InChI=1S/C11H21N3O5/c1-11(2,3)14-8(16)4-5-12-10(19)13-7(6-15)9(17)18/h7,15H,4-6H2,1-3H3,(H,14,16)(H,17,18)(H2,12,13,19)/t7-/m1/s1. The number of aliphatic carboxylic acids is 1. The summed E-state index contributed by atoms with van der Waals surface area (Å²) < 4.78 is 0. The second kappa shape index (κ2) is 7.57. The van der Waals surface area contributed by atoms with Gasteiger partial charge in [-0.2, -0.15) is 0 Å². The molecule has 110 valence electrons. The van der Waals surface area contributed by atoms with E-state index in [1.807, 2.05) is 20.8 Å². The summed E-state index contributed by atoms with van der Waals surface area (Å²) >= 11 is 0. The van der Waals surface area contributed by atoms with E-state index in [0.717, 1.165) is 0 Å². The van der Waals surface area contributed by atoms with Crippen LogP contribution in [0, 0.1) is 0 Å². The molecule has 19 heavy (non-hydrogen) atoms. The van der Waals surface area contributed by atoms with Gasteiger partial charge in [-0.25, -0.2) is 9.59 Å². The normalized spacial score (nSPS) is 12.4. The van der Waals surface area contributed by atoms with E-state index in [9.17, 15) is 14.4 Å². The zero-order chi connectivity index (χ0) is 15.1. The zero-order valence-electron chi connectivity index (χ0n) is 11.3. The lowest BCUT2D eigenvalue weighted by atomic mass is 10.1. The van der Waals surface area contributed by atoms with Gasteiger partial charge < -0.3 is 26.2 Å². The molecule has 0 heterocycles. The van der Waals surface area contributed by atoms with Crippen LogP contribution in [0.3, 0.4) is 0 Å². The van der Waals surface area contributed by atoms with Crippen molar-refractivity contribution in [1.82, 2.24) is 16.0 Å². The Morgan fingerprint density at radius 1 is 1.21 bits per heavy atom. The minimum atomic E-state index is -1.36. The molecule has 0 rings (SSSR count). The molecule has 0 fully saturated rings. The van der Waals surface area contributed by atoms with Gasteiger partial charge in [-0.05, 0) is 20.8 Å². The van der Waals surface area contributed by atoms with Gasteiger partial charge in [-0.15, -0.1) is 0 Å². The summed E-state index contributed by atoms with van der Waals surface area (Å²) in [6.45, 7) is 4.88. The molecule has 0 unspecified atom stereocenters. The van der Waals surface area contributed by atoms with Crippen LogP contribution in [0.1, 0.15) is 27.2 Å². The molecule has 0 aliphatic rings. The van der Waals surface area contributed by atoms with Crippen LogP contribution in [0.5, 0.6) is 0 Å². The van der Waals surface area contributed by atoms with Crippen LogP contribution in [0.4, 0.5) is 4.79 Å². The summed E-state index contributed by atoms with van der Waals surface area (Å²) in [5.41, 5.74) is -0.343. The van der Waals surface area contributed by atoms with Crippen LogP contribution in [-0.2, 0) is 9.59 Å². The highest BCUT2D eigenvalue weighted by molar-refractivity contribution is 5.83. The first-order chi connectivity index (χ1) is 8.65. The van der Waals surface area contributed by atoms with Crippen molar-refractivity contribution in [3.8, 4) is 0 Å². The predicted octanol–water partition coefficient (Wildman–Crippen LogP) is -0.964. The summed E-state index contributed by atoms with van der Waals surface area (Å²) in [6, 6.07) is -2.10. The lowest BCUT2D eigenvalue weighted by Crippen LogP contribution is -2.48. The monoisotopic (exact) mass is 275 g/mol. The average Bonchev–Trinajstić information content (AvgIpc) is 2.22. The number of carbonyl (C=O) groups is 3. The van der Waals surface area contributed by atoms with Crippen molar-refractivity contribution in [2.24, 2.45) is 0 Å². The van der Waals surface area contributed by atoms with E-state index >= 15 is 0 Å². The van der Waals surface area contributed by atoms with Gasteiger partial charge in [-0.3, -0.25) is 4.79 Å². The highest BCUT2D eigenvalue weighted by Gasteiger charge is 2.18. The molecular weight excluding hydrogens is 254 g/mol. The Balaban J connectivity index is 3.92. The third kappa shape index (κ3) is 8.83. The molecule has 0 aromatic carbocycles. The van der Waals surface area contributed by atoms with Crippen LogP contribution < -0.4 is 16.0 Å². The molecule has 1 atom stereocenters. The van der Waals surface area contributed by atoms with E-state index in [-0.39, 0.29) is 24.4 Å². The molecule has 0 aromatic heterocycles. The van der Waals surface area contributed by atoms with Gasteiger partial charge in [0.2, 0.25) is 5.91 Å². The minimum Gasteiger partial charge on any atom is -0.480 e. The van der Waals surface area contributed by atoms with Gasteiger partial charge in [0.25, 0.3) is 0 Å². The molecule has 0 saturated carbocycles. The molecule has 0 aliphatic heterocycles. The fourth-order valence-corrected chi connectivity index (χ4v) is 1.17. The molecule has 5 N–H and O–H groups in total. The number of carbonyl (C=O) groups excluding carboxylic acids is 2. The third-order valence-electron chi connectivity index (χ3n) is 1.94. The smallest absolute Gasteiger partial charge is 0.328 e. The first kappa shape index (κ1) is 17.2. The molecule has 3 amide bonds. The first-order valence-electron chi connectivity index (χ1n) is 5.84. The van der Waals surface area contributed by atoms with Crippen LogP contribution in [-0.4, -0.2) is 52.9 Å². The molecule has 0 aromatic rings. The van der Waals surface area contributed by atoms with Gasteiger partial charge >= 0.3 is 12.0 Å². The Morgan fingerprint density at radius 2 is 1.79 bits per heavy atom. The molecule has 0 saturated heterocycles. The third-order valence-corrected chi connectivity index (χ3v) is 1.94. The quantitative estimate of drug-likeness (QED) is 0.426. The molecular formula is C11H21N3O5. The van der Waals surface area contributed by atoms with Gasteiger partial charge in [-0.1, -0.05) is 0 Å². The maximum Gasteiger partial charge on any atom is 0.328 e. The maximum atomic E-state index is 11.4. The molecule has 0 spiro atoms. The number of carboxylic acid groups (broad SMARTS) is 1. The highest BCUT2D eigenvalue weighted by atomic mass is 16.4. The SMILES string of the molecule is CC(C)(C)NC(=O)CCNC(=O)N[C@H](CO)C(=O)O. The Kier molecular flexibility index (Phi) is 6.84. The topological polar surface area (TPSA) is 128 Å². The average molecular weight is 275 g/mol. The fraction of sp³-hybridized carbons (Fsp3) is 0.727. The van der Waals surface area contributed by atoms with E-state index in [1.54, 1.807) is 0 Å². The Hall–Kier alpha value is -1.83. The van der Waals surface area contributed by atoms with Crippen molar-refractivity contribution in [1.29, 1.82) is 0 Å². The number of amides is 3. The summed E-state index contributed by atoms with van der Waals surface area (Å²) in [7, 11) is 0. The number of urea groups is 1. The highest BCUT2D eigenvalue weighted by Crippen LogP contribution is 1.98. The van der Waals surface area contributed by atoms with Crippen molar-refractivity contribution in [2.45, 2.75) is 38.8 Å². The number of aliphatic hydroxyl groups excluding tert-OH is 1. The van der Waals surface area contributed by atoms with Gasteiger partial charge in [0, 0.05) is 18.5 Å². The summed E-state index contributed by atoms with van der Waals surface area (Å²) in [4.78, 5) is 33.2. The van der Waals surface area contributed by atoms with Crippen molar-refractivity contribution in [3.63, 3.8) is 0 Å². The van der Waals surface area contributed by atoms with Crippen molar-refractivity contribution < 1.29 is 24.6 Å². The van der Waals surface area contributed by atoms with Gasteiger partial charge in [0.05, 0.1) is 6.61 Å². The number of aliphatic hydroxyl groups is 1. The van der Waals surface area contributed by atoms with E-state index in [2.05, 4.69) is 16.0 Å². The molecule has 0 radical (unpaired) electrons. The van der Waals surface area contributed by atoms with Gasteiger partial charge in [0.1, 0.15) is 0 Å². The minimum absolute atomic E-state index is 0.0749. The van der Waals surface area contributed by atoms with Crippen LogP contribution >= 0.6 is 0 Å². The first-order valence-corrected chi connectivity index (χ1v) is 5.84. The number of nitrogens with one attached hydrogen (secondary N) is 3. The lowest BCUT2D eigenvalue weighted by Gasteiger charge is -2.20. The molecule has 0 bridgehead atoms. The van der Waals surface area contributed by atoms with Crippen molar-refractivity contribution in [2.75, 3.05) is 13.2 Å².